The Morgan fingerprint density at radius 1 is 0.893 bits per heavy atom. The lowest BCUT2D eigenvalue weighted by molar-refractivity contribution is -0.144. The van der Waals surface area contributed by atoms with E-state index in [0.29, 0.717) is 11.8 Å². The van der Waals surface area contributed by atoms with Gasteiger partial charge in [-0.15, -0.1) is 0 Å². The lowest BCUT2D eigenvalue weighted by atomic mass is 9.81. The molecular formula is C22H25IN2O3. The lowest BCUT2D eigenvalue weighted by Gasteiger charge is -2.33. The Morgan fingerprint density at radius 2 is 1.46 bits per heavy atom. The molecule has 2 bridgehead atoms. The normalized spacial score (nSPS) is 36.7. The highest BCUT2D eigenvalue weighted by Gasteiger charge is 2.61. The SMILES string of the molecule is O=C(Nc1ccc(I)cc1)C1CCC(N2C(=O)C3C4CCC(C4)C3C2=O)CC1. The highest BCUT2D eigenvalue weighted by molar-refractivity contribution is 14.1. The monoisotopic (exact) mass is 492 g/mol. The van der Waals surface area contributed by atoms with Crippen LogP contribution in [0.3, 0.4) is 0 Å². The minimum atomic E-state index is -0.0426. The van der Waals surface area contributed by atoms with E-state index in [4.69, 9.17) is 0 Å². The molecule has 6 heteroatoms. The van der Waals surface area contributed by atoms with Crippen molar-refractivity contribution in [3.05, 3.63) is 27.8 Å². The predicted molar refractivity (Wildman–Crippen MR) is 113 cm³/mol. The third-order valence-corrected chi connectivity index (χ3v) is 8.23. The van der Waals surface area contributed by atoms with Crippen LogP contribution >= 0.6 is 22.6 Å². The van der Waals surface area contributed by atoms with Crippen molar-refractivity contribution in [1.82, 2.24) is 4.90 Å². The van der Waals surface area contributed by atoms with Gasteiger partial charge in [0, 0.05) is 21.2 Å². The summed E-state index contributed by atoms with van der Waals surface area (Å²) in [7, 11) is 0. The Bertz CT molecular complexity index is 788. The fourth-order valence-electron chi connectivity index (χ4n) is 6.17. The highest BCUT2D eigenvalue weighted by atomic mass is 127. The maximum atomic E-state index is 13.0. The van der Waals surface area contributed by atoms with Gasteiger partial charge in [0.2, 0.25) is 17.7 Å². The van der Waals surface area contributed by atoms with Crippen LogP contribution in [0.2, 0.25) is 0 Å². The van der Waals surface area contributed by atoms with Crippen LogP contribution in [0, 0.1) is 33.2 Å². The van der Waals surface area contributed by atoms with Gasteiger partial charge >= 0.3 is 0 Å². The molecule has 4 fully saturated rings. The van der Waals surface area contributed by atoms with Gasteiger partial charge in [-0.1, -0.05) is 0 Å². The molecule has 4 unspecified atom stereocenters. The summed E-state index contributed by atoms with van der Waals surface area (Å²) in [5.74, 6) is 0.997. The number of hydrogen-bond acceptors (Lipinski definition) is 3. The van der Waals surface area contributed by atoms with Gasteiger partial charge in [-0.2, -0.15) is 0 Å². The molecule has 148 valence electrons. The summed E-state index contributed by atoms with van der Waals surface area (Å²) >= 11 is 2.24. The molecule has 1 aromatic rings. The lowest BCUT2D eigenvalue weighted by Crippen LogP contribution is -2.44. The molecule has 28 heavy (non-hydrogen) atoms. The largest absolute Gasteiger partial charge is 0.326 e. The Balaban J connectivity index is 1.20. The number of rotatable bonds is 3. The molecule has 1 heterocycles. The van der Waals surface area contributed by atoms with E-state index in [1.807, 2.05) is 24.3 Å². The maximum Gasteiger partial charge on any atom is 0.233 e. The van der Waals surface area contributed by atoms with Crippen molar-refractivity contribution in [2.45, 2.75) is 51.0 Å². The number of carbonyl (C=O) groups is 3. The third kappa shape index (κ3) is 2.99. The Morgan fingerprint density at radius 3 is 2.04 bits per heavy atom. The number of imide groups is 1. The van der Waals surface area contributed by atoms with Crippen molar-refractivity contribution in [3.8, 4) is 0 Å². The quantitative estimate of drug-likeness (QED) is 0.516. The molecule has 4 aliphatic rings. The van der Waals surface area contributed by atoms with Gasteiger partial charge in [0.15, 0.2) is 0 Å². The fraction of sp³-hybridized carbons (Fsp3) is 0.591. The third-order valence-electron chi connectivity index (χ3n) is 7.51. The van der Waals surface area contributed by atoms with E-state index in [1.165, 1.54) is 0 Å². The van der Waals surface area contributed by atoms with Crippen molar-refractivity contribution < 1.29 is 14.4 Å². The number of benzene rings is 1. The second kappa shape index (κ2) is 7.11. The first-order valence-electron chi connectivity index (χ1n) is 10.5. The summed E-state index contributed by atoms with van der Waals surface area (Å²) in [6, 6.07) is 7.77. The average Bonchev–Trinajstić information content (AvgIpc) is 3.38. The van der Waals surface area contributed by atoms with Crippen LogP contribution in [-0.4, -0.2) is 28.7 Å². The smallest absolute Gasteiger partial charge is 0.233 e. The summed E-state index contributed by atoms with van der Waals surface area (Å²) in [5.41, 5.74) is 0.820. The molecule has 0 spiro atoms. The van der Waals surface area contributed by atoms with Crippen LogP contribution in [0.15, 0.2) is 24.3 Å². The number of hydrogen-bond donors (Lipinski definition) is 1. The standard InChI is InChI=1S/C22H25IN2O3/c23-15-5-7-16(8-6-15)24-20(26)12-3-9-17(10-4-12)25-21(27)18-13-1-2-14(11-13)19(18)22(25)28/h5-8,12-14,17-19H,1-4,9-11H2,(H,24,26). The Kier molecular flexibility index (Phi) is 4.72. The van der Waals surface area contributed by atoms with Crippen LogP contribution in [0.4, 0.5) is 5.69 Å². The molecule has 5 nitrogen and oxygen atoms in total. The molecule has 1 saturated heterocycles. The molecule has 0 radical (unpaired) electrons. The molecule has 3 saturated carbocycles. The van der Waals surface area contributed by atoms with Gasteiger partial charge < -0.3 is 5.32 Å². The van der Waals surface area contributed by atoms with Gasteiger partial charge in [-0.25, -0.2) is 0 Å². The number of anilines is 1. The van der Waals surface area contributed by atoms with Gasteiger partial charge in [0.25, 0.3) is 0 Å². The van der Waals surface area contributed by atoms with Crippen LogP contribution in [-0.2, 0) is 14.4 Å². The van der Waals surface area contributed by atoms with E-state index in [-0.39, 0.29) is 41.5 Å². The van der Waals surface area contributed by atoms with E-state index < -0.39 is 0 Å². The summed E-state index contributed by atoms with van der Waals surface area (Å²) in [6.45, 7) is 0. The van der Waals surface area contributed by atoms with E-state index in [0.717, 1.165) is 54.2 Å². The van der Waals surface area contributed by atoms with Gasteiger partial charge in [-0.05, 0) is 104 Å². The molecular weight excluding hydrogens is 467 g/mol. The summed E-state index contributed by atoms with van der Waals surface area (Å²) in [6.07, 6.45) is 6.27. The van der Waals surface area contributed by atoms with E-state index in [1.54, 1.807) is 4.90 Å². The van der Waals surface area contributed by atoms with Gasteiger partial charge in [0.05, 0.1) is 11.8 Å². The van der Waals surface area contributed by atoms with Crippen LogP contribution in [0.5, 0.6) is 0 Å². The molecule has 5 rings (SSSR count). The molecule has 1 N–H and O–H groups in total. The summed E-state index contributed by atoms with van der Waals surface area (Å²) in [4.78, 5) is 40.2. The second-order valence-corrected chi connectivity index (χ2v) is 10.2. The molecule has 0 aromatic heterocycles. The summed E-state index contributed by atoms with van der Waals surface area (Å²) < 4.78 is 1.13. The molecule has 1 aromatic carbocycles. The van der Waals surface area contributed by atoms with E-state index in [9.17, 15) is 14.4 Å². The molecule has 3 amide bonds. The average molecular weight is 492 g/mol. The minimum absolute atomic E-state index is 0.00708. The van der Waals surface area contributed by atoms with Gasteiger partial charge in [-0.3, -0.25) is 19.3 Å². The van der Waals surface area contributed by atoms with Crippen molar-refractivity contribution in [3.63, 3.8) is 0 Å². The molecule has 1 aliphatic heterocycles. The van der Waals surface area contributed by atoms with Crippen molar-refractivity contribution in [1.29, 1.82) is 0 Å². The van der Waals surface area contributed by atoms with Crippen LogP contribution in [0.1, 0.15) is 44.9 Å². The highest BCUT2D eigenvalue weighted by Crippen LogP contribution is 2.56. The number of amides is 3. The number of carbonyl (C=O) groups excluding carboxylic acids is 3. The number of nitrogens with one attached hydrogen (secondary N) is 1. The number of nitrogens with zero attached hydrogens (tertiary/aromatic N) is 1. The first-order valence-corrected chi connectivity index (χ1v) is 11.5. The first-order chi connectivity index (χ1) is 13.5. The van der Waals surface area contributed by atoms with E-state index in [2.05, 4.69) is 27.9 Å². The number of fused-ring (bicyclic) bond motifs is 5. The van der Waals surface area contributed by atoms with Crippen molar-refractivity contribution in [2.75, 3.05) is 5.32 Å². The zero-order chi connectivity index (χ0) is 19.4. The van der Waals surface area contributed by atoms with Crippen LogP contribution in [0.25, 0.3) is 0 Å². The Hall–Kier alpha value is -1.44. The fourth-order valence-corrected chi connectivity index (χ4v) is 6.53. The van der Waals surface area contributed by atoms with Crippen LogP contribution < -0.4 is 5.32 Å². The molecule has 3 aliphatic carbocycles. The second-order valence-electron chi connectivity index (χ2n) is 8.93. The first kappa shape index (κ1) is 18.6. The van der Waals surface area contributed by atoms with Crippen molar-refractivity contribution in [2.24, 2.45) is 29.6 Å². The number of likely N-dealkylation sites (tertiary alicyclic amines) is 1. The predicted octanol–water partition coefficient (Wildman–Crippen LogP) is 3.82. The Labute approximate surface area is 178 Å². The number of halogens is 1. The zero-order valence-corrected chi connectivity index (χ0v) is 17.9. The van der Waals surface area contributed by atoms with Gasteiger partial charge in [0.1, 0.15) is 0 Å². The zero-order valence-electron chi connectivity index (χ0n) is 15.8. The maximum absolute atomic E-state index is 13.0. The minimum Gasteiger partial charge on any atom is -0.326 e. The van der Waals surface area contributed by atoms with Crippen molar-refractivity contribution >= 4 is 46.0 Å². The topological polar surface area (TPSA) is 66.5 Å². The molecule has 4 atom stereocenters. The summed E-state index contributed by atoms with van der Waals surface area (Å²) in [5, 5.41) is 3.00. The van der Waals surface area contributed by atoms with E-state index >= 15 is 0 Å².